The highest BCUT2D eigenvalue weighted by molar-refractivity contribution is 6.27. The Bertz CT molecular complexity index is 1050. The van der Waals surface area contributed by atoms with Crippen LogP contribution in [0.1, 0.15) is 15.9 Å². The highest BCUT2D eigenvalue weighted by atomic mass is 16.4. The molecule has 2 N–H and O–H groups in total. The van der Waals surface area contributed by atoms with Gasteiger partial charge < -0.3 is 15.1 Å². The molecular weight excluding hydrogens is 398 g/mol. The maximum atomic E-state index is 12.5. The zero-order chi connectivity index (χ0) is 22.2. The van der Waals surface area contributed by atoms with Crippen LogP contribution in [0.5, 0.6) is 0 Å². The first-order chi connectivity index (χ1) is 15.0. The number of hydrogen-bond acceptors (Lipinski definition) is 5. The fourth-order valence-electron chi connectivity index (χ4n) is 3.45. The normalized spacial score (nSPS) is 13.9. The van der Waals surface area contributed by atoms with E-state index in [2.05, 4.69) is 52.3 Å². The van der Waals surface area contributed by atoms with E-state index in [1.165, 1.54) is 16.3 Å². The van der Waals surface area contributed by atoms with E-state index >= 15 is 0 Å². The van der Waals surface area contributed by atoms with Gasteiger partial charge >= 0.3 is 11.9 Å². The highest BCUT2D eigenvalue weighted by Crippen LogP contribution is 2.20. The van der Waals surface area contributed by atoms with Gasteiger partial charge in [-0.2, -0.15) is 0 Å². The number of hydrogen-bond donors (Lipinski definition) is 2. The lowest BCUT2D eigenvalue weighted by atomic mass is 10.0. The Morgan fingerprint density at radius 3 is 2.16 bits per heavy atom. The van der Waals surface area contributed by atoms with Gasteiger partial charge in [0.1, 0.15) is 0 Å². The molecule has 8 heteroatoms. The third-order valence-corrected chi connectivity index (χ3v) is 5.02. The van der Waals surface area contributed by atoms with E-state index in [9.17, 15) is 4.79 Å². The number of aliphatic carboxylic acids is 2. The number of piperazine rings is 1. The van der Waals surface area contributed by atoms with Crippen LogP contribution in [0.3, 0.4) is 0 Å². The molecule has 1 saturated heterocycles. The fourth-order valence-corrected chi connectivity index (χ4v) is 3.45. The molecule has 1 aliphatic heterocycles. The number of carboxylic acid groups (broad SMARTS) is 2. The number of aromatic nitrogens is 1. The predicted octanol–water partition coefficient (Wildman–Crippen LogP) is 2.35. The minimum Gasteiger partial charge on any atom is -0.473 e. The smallest absolute Gasteiger partial charge is 0.414 e. The van der Waals surface area contributed by atoms with E-state index < -0.39 is 11.9 Å². The second kappa shape index (κ2) is 10.3. The summed E-state index contributed by atoms with van der Waals surface area (Å²) >= 11 is 0. The summed E-state index contributed by atoms with van der Waals surface area (Å²) in [5.41, 5.74) is 2.02. The lowest BCUT2D eigenvalue weighted by molar-refractivity contribution is -0.159. The number of rotatable bonds is 3. The van der Waals surface area contributed by atoms with Crippen molar-refractivity contribution in [3.8, 4) is 0 Å². The molecule has 2 aromatic carbocycles. The van der Waals surface area contributed by atoms with E-state index in [1.807, 2.05) is 17.0 Å². The average molecular weight is 421 g/mol. The summed E-state index contributed by atoms with van der Waals surface area (Å²) in [4.78, 5) is 39.1. The van der Waals surface area contributed by atoms with Gasteiger partial charge in [0.05, 0.1) is 5.56 Å². The lowest BCUT2D eigenvalue weighted by Gasteiger charge is -2.35. The van der Waals surface area contributed by atoms with Crippen LogP contribution in [0.4, 0.5) is 0 Å². The van der Waals surface area contributed by atoms with Crippen LogP contribution in [-0.4, -0.2) is 69.0 Å². The van der Waals surface area contributed by atoms with Gasteiger partial charge in [0.2, 0.25) is 0 Å². The third-order valence-electron chi connectivity index (χ3n) is 5.02. The van der Waals surface area contributed by atoms with Gasteiger partial charge in [0.25, 0.3) is 5.91 Å². The van der Waals surface area contributed by atoms with Crippen LogP contribution in [0.25, 0.3) is 10.8 Å². The molecule has 3 aromatic rings. The Kier molecular flexibility index (Phi) is 7.29. The number of carbonyl (C=O) groups is 3. The lowest BCUT2D eigenvalue weighted by Crippen LogP contribution is -2.48. The van der Waals surface area contributed by atoms with E-state index in [1.54, 1.807) is 12.4 Å². The molecule has 160 valence electrons. The van der Waals surface area contributed by atoms with Crippen LogP contribution >= 0.6 is 0 Å². The van der Waals surface area contributed by atoms with Crippen LogP contribution in [0, 0.1) is 0 Å². The van der Waals surface area contributed by atoms with Crippen molar-refractivity contribution in [3.05, 3.63) is 78.1 Å². The van der Waals surface area contributed by atoms with E-state index in [0.717, 1.165) is 32.7 Å². The molecule has 1 aliphatic rings. The first kappa shape index (κ1) is 21.9. The monoisotopic (exact) mass is 421 g/mol. The number of carbonyl (C=O) groups excluding carboxylic acids is 1. The molecule has 0 saturated carbocycles. The van der Waals surface area contributed by atoms with Crippen LogP contribution in [0.2, 0.25) is 0 Å². The Balaban J connectivity index is 0.000000401. The minimum absolute atomic E-state index is 0.0814. The Morgan fingerprint density at radius 1 is 0.839 bits per heavy atom. The molecular formula is C23H23N3O5. The molecule has 31 heavy (non-hydrogen) atoms. The summed E-state index contributed by atoms with van der Waals surface area (Å²) in [5.74, 6) is -3.57. The van der Waals surface area contributed by atoms with Gasteiger partial charge in [-0.25, -0.2) is 9.59 Å². The molecule has 0 bridgehead atoms. The number of nitrogens with zero attached hydrogens (tertiary/aromatic N) is 3. The zero-order valence-corrected chi connectivity index (χ0v) is 16.8. The van der Waals surface area contributed by atoms with Gasteiger partial charge in [-0.3, -0.25) is 14.7 Å². The van der Waals surface area contributed by atoms with Crippen LogP contribution in [0.15, 0.2) is 67.0 Å². The van der Waals surface area contributed by atoms with Gasteiger partial charge in [-0.15, -0.1) is 0 Å². The third kappa shape index (κ3) is 5.86. The van der Waals surface area contributed by atoms with Crippen LogP contribution < -0.4 is 0 Å². The topological polar surface area (TPSA) is 111 Å². The first-order valence-electron chi connectivity index (χ1n) is 9.80. The van der Waals surface area contributed by atoms with Crippen molar-refractivity contribution in [2.45, 2.75) is 6.54 Å². The molecule has 4 rings (SSSR count). The quantitative estimate of drug-likeness (QED) is 0.625. The molecule has 0 radical (unpaired) electrons. The number of fused-ring (bicyclic) bond motifs is 1. The van der Waals surface area contributed by atoms with E-state index in [4.69, 9.17) is 19.8 Å². The fraction of sp³-hybridized carbons (Fsp3) is 0.217. The van der Waals surface area contributed by atoms with E-state index in [-0.39, 0.29) is 5.91 Å². The summed E-state index contributed by atoms with van der Waals surface area (Å²) in [7, 11) is 0. The number of carboxylic acids is 2. The van der Waals surface area contributed by atoms with Crippen molar-refractivity contribution in [2.75, 3.05) is 26.2 Å². The molecule has 1 aromatic heterocycles. The number of benzene rings is 2. The first-order valence-corrected chi connectivity index (χ1v) is 9.80. The van der Waals surface area contributed by atoms with Gasteiger partial charge in [0.15, 0.2) is 0 Å². The van der Waals surface area contributed by atoms with Crippen molar-refractivity contribution in [3.63, 3.8) is 0 Å². The van der Waals surface area contributed by atoms with Crippen molar-refractivity contribution >= 4 is 28.6 Å². The Labute approximate surface area is 179 Å². The average Bonchev–Trinajstić information content (AvgIpc) is 2.80. The molecule has 1 fully saturated rings. The molecule has 8 nitrogen and oxygen atoms in total. The van der Waals surface area contributed by atoms with Gasteiger partial charge in [-0.1, -0.05) is 42.5 Å². The van der Waals surface area contributed by atoms with Crippen molar-refractivity contribution < 1.29 is 24.6 Å². The maximum Gasteiger partial charge on any atom is 0.414 e. The molecule has 0 spiro atoms. The maximum absolute atomic E-state index is 12.5. The zero-order valence-electron chi connectivity index (χ0n) is 16.8. The van der Waals surface area contributed by atoms with Crippen molar-refractivity contribution in [1.29, 1.82) is 0 Å². The molecule has 0 unspecified atom stereocenters. The molecule has 2 heterocycles. The summed E-state index contributed by atoms with van der Waals surface area (Å²) in [6.45, 7) is 4.25. The minimum atomic E-state index is -1.82. The van der Waals surface area contributed by atoms with Gasteiger partial charge in [-0.05, 0) is 28.5 Å². The highest BCUT2D eigenvalue weighted by Gasteiger charge is 2.22. The Hall–Kier alpha value is -3.78. The van der Waals surface area contributed by atoms with Gasteiger partial charge in [0, 0.05) is 45.1 Å². The van der Waals surface area contributed by atoms with Crippen LogP contribution in [-0.2, 0) is 16.1 Å². The van der Waals surface area contributed by atoms with E-state index in [0.29, 0.717) is 5.56 Å². The van der Waals surface area contributed by atoms with Crippen molar-refractivity contribution in [1.82, 2.24) is 14.8 Å². The second-order valence-electron chi connectivity index (χ2n) is 7.06. The summed E-state index contributed by atoms with van der Waals surface area (Å²) < 4.78 is 0. The SMILES string of the molecule is O=C(O)C(=O)O.O=C(c1cccnc1)N1CCN(Cc2cccc3ccccc23)CC1. The molecule has 1 amide bonds. The molecule has 0 aliphatic carbocycles. The number of amides is 1. The second-order valence-corrected chi connectivity index (χ2v) is 7.06. The Morgan fingerprint density at radius 2 is 1.52 bits per heavy atom. The summed E-state index contributed by atoms with van der Waals surface area (Å²) in [5, 5.41) is 17.4. The van der Waals surface area contributed by atoms with Crippen molar-refractivity contribution in [2.24, 2.45) is 0 Å². The predicted molar refractivity (Wildman–Crippen MR) is 115 cm³/mol. The number of pyridine rings is 1. The molecule has 0 atom stereocenters. The summed E-state index contributed by atoms with van der Waals surface area (Å²) in [6.07, 6.45) is 3.34. The summed E-state index contributed by atoms with van der Waals surface area (Å²) in [6, 6.07) is 18.6. The largest absolute Gasteiger partial charge is 0.473 e. The standard InChI is InChI=1S/C21H21N3O.C2H2O4/c25-21(18-8-4-10-22-15-18)24-13-11-23(12-14-24)16-19-7-3-6-17-5-1-2-9-20(17)19;3-1(4)2(5)6/h1-10,15H,11-14,16H2;(H,3,4)(H,5,6).